The Morgan fingerprint density at radius 2 is 1.79 bits per heavy atom. The summed E-state index contributed by atoms with van der Waals surface area (Å²) in [6.45, 7) is -0.474. The molecule has 0 atom stereocenters. The first-order valence-corrected chi connectivity index (χ1v) is 10.2. The highest BCUT2D eigenvalue weighted by Crippen LogP contribution is 2.27. The molecule has 12 heteroatoms. The van der Waals surface area contributed by atoms with Crippen LogP contribution >= 0.6 is 0 Å². The molecule has 1 fully saturated rings. The minimum atomic E-state index is -4.93. The van der Waals surface area contributed by atoms with E-state index in [2.05, 4.69) is 20.0 Å². The Hall–Kier alpha value is -3.96. The Balaban J connectivity index is 1.68. The van der Waals surface area contributed by atoms with Gasteiger partial charge < -0.3 is 10.1 Å². The van der Waals surface area contributed by atoms with Crippen LogP contribution in [0.4, 0.5) is 27.9 Å². The fraction of sp³-hybridized carbons (Fsp3) is 0.227. The van der Waals surface area contributed by atoms with Crippen molar-refractivity contribution in [2.75, 3.05) is 5.32 Å². The highest BCUT2D eigenvalue weighted by molar-refractivity contribution is 5.74. The fourth-order valence-corrected chi connectivity index (χ4v) is 3.56. The molecule has 0 radical (unpaired) electrons. The lowest BCUT2D eigenvalue weighted by atomic mass is 10.2. The van der Waals surface area contributed by atoms with Gasteiger partial charge in [0.05, 0.1) is 18.4 Å². The summed E-state index contributed by atoms with van der Waals surface area (Å²) in [5.41, 5.74) is -0.876. The number of rotatable bonds is 6. The number of hydrogen-bond donors (Lipinski definition) is 1. The molecule has 176 valence electrons. The van der Waals surface area contributed by atoms with Gasteiger partial charge in [-0.25, -0.2) is 23.1 Å². The quantitative estimate of drug-likeness (QED) is 0.418. The average molecular weight is 477 g/mol. The molecule has 0 aliphatic heterocycles. The maximum absolute atomic E-state index is 14.3. The zero-order valence-corrected chi connectivity index (χ0v) is 17.3. The lowest BCUT2D eigenvalue weighted by Gasteiger charge is -2.10. The summed E-state index contributed by atoms with van der Waals surface area (Å²) in [6.07, 6.45) is -1.74. The van der Waals surface area contributed by atoms with E-state index < -0.39 is 36.0 Å². The summed E-state index contributed by atoms with van der Waals surface area (Å²) in [4.78, 5) is 22.0. The van der Waals surface area contributed by atoms with Gasteiger partial charge in [0.25, 0.3) is 0 Å². The summed E-state index contributed by atoms with van der Waals surface area (Å²) in [5, 5.41) is 3.09. The zero-order chi connectivity index (χ0) is 24.0. The van der Waals surface area contributed by atoms with Crippen LogP contribution in [-0.4, -0.2) is 31.5 Å². The van der Waals surface area contributed by atoms with Gasteiger partial charge in [0.15, 0.2) is 5.65 Å². The number of hydrogen-bond acceptors (Lipinski definition) is 5. The third kappa shape index (κ3) is 4.30. The fourth-order valence-electron chi connectivity index (χ4n) is 3.56. The van der Waals surface area contributed by atoms with Crippen molar-refractivity contribution in [2.24, 2.45) is 0 Å². The van der Waals surface area contributed by atoms with Crippen LogP contribution < -0.4 is 15.7 Å². The van der Waals surface area contributed by atoms with Crippen molar-refractivity contribution in [1.82, 2.24) is 19.1 Å². The molecule has 0 amide bonds. The van der Waals surface area contributed by atoms with Crippen LogP contribution in [0.3, 0.4) is 0 Å². The minimum absolute atomic E-state index is 0.0283. The summed E-state index contributed by atoms with van der Waals surface area (Å²) in [6, 6.07) is 8.32. The second-order valence-corrected chi connectivity index (χ2v) is 7.77. The standard InChI is InChI=1S/C22H16F5N5O2/c23-16-5-2-6-17(24)15(16)11-31-18-10-28-20(29-12-7-8-12)30-19(18)32(21(31)33)13-3-1-4-14(9-13)34-22(25,26)27/h1-6,9-10,12H,7-8,11H2,(H,28,29,30). The Labute approximate surface area is 188 Å². The highest BCUT2D eigenvalue weighted by Gasteiger charge is 2.31. The number of nitrogens with zero attached hydrogens (tertiary/aromatic N) is 4. The summed E-state index contributed by atoms with van der Waals surface area (Å²) < 4.78 is 72.8. The van der Waals surface area contributed by atoms with Crippen molar-refractivity contribution in [1.29, 1.82) is 0 Å². The normalized spacial score (nSPS) is 13.9. The van der Waals surface area contributed by atoms with Crippen molar-refractivity contribution < 1.29 is 26.7 Å². The molecule has 4 aromatic rings. The van der Waals surface area contributed by atoms with Gasteiger partial charge in [0, 0.05) is 17.7 Å². The smallest absolute Gasteiger partial charge is 0.406 e. The van der Waals surface area contributed by atoms with E-state index in [1.54, 1.807) is 0 Å². The molecule has 0 spiro atoms. The Morgan fingerprint density at radius 1 is 1.09 bits per heavy atom. The molecular formula is C22H16F5N5O2. The number of fused-ring (bicyclic) bond motifs is 1. The molecule has 1 saturated carbocycles. The molecule has 1 N–H and O–H groups in total. The SMILES string of the molecule is O=c1n(Cc2c(F)cccc2F)c2cnc(NC3CC3)nc2n1-c1cccc(OC(F)(F)F)c1. The van der Waals surface area contributed by atoms with Gasteiger partial charge in [0.1, 0.15) is 22.9 Å². The van der Waals surface area contributed by atoms with Gasteiger partial charge >= 0.3 is 12.1 Å². The van der Waals surface area contributed by atoms with Crippen molar-refractivity contribution in [3.05, 3.63) is 76.3 Å². The number of nitrogens with one attached hydrogen (secondary N) is 1. The van der Waals surface area contributed by atoms with Crippen molar-refractivity contribution >= 4 is 17.1 Å². The molecule has 2 aromatic heterocycles. The molecule has 0 saturated heterocycles. The zero-order valence-electron chi connectivity index (χ0n) is 17.3. The van der Waals surface area contributed by atoms with Gasteiger partial charge in [-0.3, -0.25) is 4.57 Å². The third-order valence-corrected chi connectivity index (χ3v) is 5.27. The number of alkyl halides is 3. The average Bonchev–Trinajstić information content (AvgIpc) is 3.53. The van der Waals surface area contributed by atoms with Crippen molar-refractivity contribution in [2.45, 2.75) is 31.8 Å². The molecule has 2 aromatic carbocycles. The predicted molar refractivity (Wildman–Crippen MR) is 112 cm³/mol. The van der Waals surface area contributed by atoms with Crippen LogP contribution in [0, 0.1) is 11.6 Å². The summed E-state index contributed by atoms with van der Waals surface area (Å²) >= 11 is 0. The molecule has 5 rings (SSSR count). The monoisotopic (exact) mass is 477 g/mol. The van der Waals surface area contributed by atoms with E-state index in [0.717, 1.165) is 46.2 Å². The van der Waals surface area contributed by atoms with Gasteiger partial charge in [-0.2, -0.15) is 4.98 Å². The van der Waals surface area contributed by atoms with E-state index in [4.69, 9.17) is 0 Å². The molecule has 34 heavy (non-hydrogen) atoms. The topological polar surface area (TPSA) is 74.0 Å². The molecule has 1 aliphatic rings. The van der Waals surface area contributed by atoms with Gasteiger partial charge in [0.2, 0.25) is 5.95 Å². The Kier molecular flexibility index (Phi) is 5.22. The second kappa shape index (κ2) is 8.12. The number of aromatic nitrogens is 4. The lowest BCUT2D eigenvalue weighted by Crippen LogP contribution is -2.24. The number of benzene rings is 2. The van der Waals surface area contributed by atoms with Crippen LogP contribution in [0.1, 0.15) is 18.4 Å². The van der Waals surface area contributed by atoms with E-state index in [0.29, 0.717) is 0 Å². The predicted octanol–water partition coefficient (Wildman–Crippen LogP) is 4.38. The molecule has 0 bridgehead atoms. The van der Waals surface area contributed by atoms with Gasteiger partial charge in [-0.1, -0.05) is 12.1 Å². The van der Waals surface area contributed by atoms with E-state index >= 15 is 0 Å². The second-order valence-electron chi connectivity index (χ2n) is 7.77. The molecule has 7 nitrogen and oxygen atoms in total. The molecule has 0 unspecified atom stereocenters. The van der Waals surface area contributed by atoms with Crippen LogP contribution in [0.5, 0.6) is 5.75 Å². The summed E-state index contributed by atoms with van der Waals surface area (Å²) in [5.74, 6) is -2.01. The maximum Gasteiger partial charge on any atom is 0.573 e. The number of ether oxygens (including phenoxy) is 1. The van der Waals surface area contributed by atoms with Crippen LogP contribution in [-0.2, 0) is 6.54 Å². The van der Waals surface area contributed by atoms with E-state index in [-0.39, 0.29) is 34.4 Å². The molecule has 2 heterocycles. The largest absolute Gasteiger partial charge is 0.573 e. The maximum atomic E-state index is 14.3. The lowest BCUT2D eigenvalue weighted by molar-refractivity contribution is -0.274. The van der Waals surface area contributed by atoms with Crippen molar-refractivity contribution in [3.63, 3.8) is 0 Å². The van der Waals surface area contributed by atoms with Gasteiger partial charge in [-0.15, -0.1) is 13.2 Å². The summed E-state index contributed by atoms with van der Waals surface area (Å²) in [7, 11) is 0. The Bertz CT molecular complexity index is 1420. The van der Waals surface area contributed by atoms with Crippen LogP contribution in [0.25, 0.3) is 16.9 Å². The van der Waals surface area contributed by atoms with E-state index in [9.17, 15) is 26.7 Å². The van der Waals surface area contributed by atoms with Crippen LogP contribution in [0.15, 0.2) is 53.5 Å². The number of imidazole rings is 1. The van der Waals surface area contributed by atoms with Gasteiger partial charge in [-0.05, 0) is 37.1 Å². The number of halogens is 5. The minimum Gasteiger partial charge on any atom is -0.406 e. The third-order valence-electron chi connectivity index (χ3n) is 5.27. The number of anilines is 1. The Morgan fingerprint density at radius 3 is 2.47 bits per heavy atom. The first kappa shape index (κ1) is 21.9. The van der Waals surface area contributed by atoms with E-state index in [1.807, 2.05) is 0 Å². The first-order chi connectivity index (χ1) is 16.2. The first-order valence-electron chi connectivity index (χ1n) is 10.2. The molecular weight excluding hydrogens is 461 g/mol. The highest BCUT2D eigenvalue weighted by atomic mass is 19.4. The van der Waals surface area contributed by atoms with Crippen molar-refractivity contribution in [3.8, 4) is 11.4 Å². The molecule has 1 aliphatic carbocycles. The van der Waals surface area contributed by atoms with Crippen LogP contribution in [0.2, 0.25) is 0 Å². The van der Waals surface area contributed by atoms with E-state index in [1.165, 1.54) is 24.4 Å².